The molecule has 2 aromatic rings. The normalized spacial score (nSPS) is 10.8. The van der Waals surface area contributed by atoms with Gasteiger partial charge in [-0.15, -0.1) is 24.0 Å². The number of hydrogen-bond acceptors (Lipinski definition) is 2. The molecule has 28 heavy (non-hydrogen) atoms. The van der Waals surface area contributed by atoms with Gasteiger partial charge in [-0.1, -0.05) is 52.3 Å². The molecule has 0 bridgehead atoms. The van der Waals surface area contributed by atoms with Gasteiger partial charge in [-0.2, -0.15) is 0 Å². The zero-order valence-electron chi connectivity index (χ0n) is 15.9. The first kappa shape index (κ1) is 24.4. The van der Waals surface area contributed by atoms with Crippen LogP contribution < -0.4 is 10.6 Å². The highest BCUT2D eigenvalue weighted by molar-refractivity contribution is 14.0. The fraction of sp³-hybridized carbons (Fsp3) is 0.300. The van der Waals surface area contributed by atoms with Crippen molar-refractivity contribution in [3.05, 3.63) is 69.9 Å². The summed E-state index contributed by atoms with van der Waals surface area (Å²) in [6.45, 7) is 1.30. The van der Waals surface area contributed by atoms with E-state index in [-0.39, 0.29) is 35.7 Å². The van der Waals surface area contributed by atoms with E-state index in [9.17, 15) is 9.18 Å². The maximum Gasteiger partial charge on any atom is 0.224 e. The van der Waals surface area contributed by atoms with Gasteiger partial charge >= 0.3 is 0 Å². The second kappa shape index (κ2) is 12.7. The van der Waals surface area contributed by atoms with E-state index in [1.165, 1.54) is 6.07 Å². The maximum atomic E-state index is 13.6. The highest BCUT2D eigenvalue weighted by atomic mass is 127. The van der Waals surface area contributed by atoms with E-state index in [4.69, 9.17) is 0 Å². The van der Waals surface area contributed by atoms with E-state index in [1.54, 1.807) is 37.2 Å². The molecular formula is C20H25BrFIN4O. The molecule has 0 aliphatic carbocycles. The quantitative estimate of drug-likeness (QED) is 0.305. The fourth-order valence-electron chi connectivity index (χ4n) is 2.49. The number of aliphatic imine (C=N–C) groups is 1. The molecule has 0 aliphatic heterocycles. The second-order valence-corrected chi connectivity index (χ2v) is 6.89. The molecule has 2 aromatic carbocycles. The minimum atomic E-state index is -0.260. The van der Waals surface area contributed by atoms with Crippen molar-refractivity contribution in [3.63, 3.8) is 0 Å². The number of hydrogen-bond donors (Lipinski definition) is 2. The molecule has 0 heterocycles. The molecule has 0 atom stereocenters. The van der Waals surface area contributed by atoms with Crippen LogP contribution in [0.5, 0.6) is 0 Å². The minimum absolute atomic E-state index is 0. The lowest BCUT2D eigenvalue weighted by molar-refractivity contribution is -0.130. The number of amides is 1. The summed E-state index contributed by atoms with van der Waals surface area (Å²) in [7, 11) is 3.42. The molecule has 1 amide bonds. The Kier molecular flexibility index (Phi) is 11.1. The molecule has 2 N–H and O–H groups in total. The highest BCUT2D eigenvalue weighted by Gasteiger charge is 2.11. The molecule has 0 fully saturated rings. The van der Waals surface area contributed by atoms with Crippen molar-refractivity contribution in [2.24, 2.45) is 4.99 Å². The van der Waals surface area contributed by atoms with Crippen LogP contribution in [0.25, 0.3) is 0 Å². The van der Waals surface area contributed by atoms with E-state index in [0.717, 1.165) is 10.0 Å². The Balaban J connectivity index is 0.00000392. The van der Waals surface area contributed by atoms with E-state index in [2.05, 4.69) is 31.6 Å². The molecular weight excluding hydrogens is 538 g/mol. The number of carbonyl (C=O) groups is 1. The van der Waals surface area contributed by atoms with Crippen molar-refractivity contribution in [1.82, 2.24) is 15.5 Å². The van der Waals surface area contributed by atoms with Crippen LogP contribution >= 0.6 is 39.9 Å². The van der Waals surface area contributed by atoms with Gasteiger partial charge in [-0.25, -0.2) is 4.39 Å². The Hall–Kier alpha value is -1.68. The Morgan fingerprint density at radius 3 is 2.39 bits per heavy atom. The van der Waals surface area contributed by atoms with E-state index in [1.807, 2.05) is 24.3 Å². The minimum Gasteiger partial charge on any atom is -0.356 e. The van der Waals surface area contributed by atoms with Crippen molar-refractivity contribution in [2.75, 3.05) is 20.6 Å². The van der Waals surface area contributed by atoms with Gasteiger partial charge < -0.3 is 15.5 Å². The van der Waals surface area contributed by atoms with Crippen molar-refractivity contribution >= 4 is 51.8 Å². The van der Waals surface area contributed by atoms with Crippen LogP contribution in [-0.2, 0) is 17.9 Å². The molecule has 0 aromatic heterocycles. The number of nitrogens with one attached hydrogen (secondary N) is 2. The van der Waals surface area contributed by atoms with Crippen molar-refractivity contribution in [3.8, 4) is 0 Å². The zero-order chi connectivity index (χ0) is 19.6. The van der Waals surface area contributed by atoms with E-state index < -0.39 is 0 Å². The predicted molar refractivity (Wildman–Crippen MR) is 125 cm³/mol. The van der Waals surface area contributed by atoms with Crippen LogP contribution in [0.1, 0.15) is 17.5 Å². The molecule has 0 spiro atoms. The van der Waals surface area contributed by atoms with Crippen LogP contribution in [0.3, 0.4) is 0 Å². The molecule has 2 rings (SSSR count). The summed E-state index contributed by atoms with van der Waals surface area (Å²) in [5.74, 6) is 0.298. The SMILES string of the molecule is CN=C(NCCC(=O)N(C)Cc1ccccc1Br)NCc1ccccc1F.I. The Morgan fingerprint density at radius 2 is 1.75 bits per heavy atom. The first-order valence-electron chi connectivity index (χ1n) is 8.66. The number of benzene rings is 2. The number of carbonyl (C=O) groups excluding carboxylic acids is 1. The number of guanidine groups is 1. The maximum absolute atomic E-state index is 13.6. The van der Waals surface area contributed by atoms with Gasteiger partial charge in [0, 0.05) is 50.2 Å². The standard InChI is InChI=1S/C20H24BrFN4O.HI/c1-23-20(25-13-15-7-4-6-10-18(15)22)24-12-11-19(27)26(2)14-16-8-3-5-9-17(16)21;/h3-10H,11-14H2,1-2H3,(H2,23,24,25);1H. The van der Waals surface area contributed by atoms with E-state index >= 15 is 0 Å². The van der Waals surface area contributed by atoms with Gasteiger partial charge in [0.2, 0.25) is 5.91 Å². The lowest BCUT2D eigenvalue weighted by atomic mass is 10.2. The van der Waals surface area contributed by atoms with Gasteiger partial charge in [0.1, 0.15) is 5.82 Å². The lowest BCUT2D eigenvalue weighted by Gasteiger charge is -2.19. The summed E-state index contributed by atoms with van der Waals surface area (Å²) in [5.41, 5.74) is 1.62. The fourth-order valence-corrected chi connectivity index (χ4v) is 2.90. The molecule has 5 nitrogen and oxygen atoms in total. The third kappa shape index (κ3) is 7.75. The van der Waals surface area contributed by atoms with Gasteiger partial charge in [-0.05, 0) is 17.7 Å². The lowest BCUT2D eigenvalue weighted by Crippen LogP contribution is -2.39. The van der Waals surface area contributed by atoms with Crippen LogP contribution in [0.4, 0.5) is 4.39 Å². The van der Waals surface area contributed by atoms with E-state index in [0.29, 0.717) is 37.6 Å². The zero-order valence-corrected chi connectivity index (χ0v) is 19.8. The summed E-state index contributed by atoms with van der Waals surface area (Å²) in [5, 5.41) is 6.12. The smallest absolute Gasteiger partial charge is 0.224 e. The summed E-state index contributed by atoms with van der Waals surface area (Å²) >= 11 is 3.50. The average Bonchev–Trinajstić information content (AvgIpc) is 2.67. The first-order valence-corrected chi connectivity index (χ1v) is 9.46. The summed E-state index contributed by atoms with van der Waals surface area (Å²) < 4.78 is 14.6. The monoisotopic (exact) mass is 562 g/mol. The van der Waals surface area contributed by atoms with Gasteiger partial charge in [0.25, 0.3) is 0 Å². The number of rotatable bonds is 7. The average molecular weight is 563 g/mol. The second-order valence-electron chi connectivity index (χ2n) is 6.04. The Bertz CT molecular complexity index is 803. The van der Waals surface area contributed by atoms with Crippen molar-refractivity contribution in [2.45, 2.75) is 19.5 Å². The molecule has 0 radical (unpaired) electrons. The van der Waals surface area contributed by atoms with Crippen LogP contribution in [0.2, 0.25) is 0 Å². The third-order valence-electron chi connectivity index (χ3n) is 4.05. The molecule has 0 unspecified atom stereocenters. The first-order chi connectivity index (χ1) is 13.0. The molecule has 0 saturated carbocycles. The summed E-state index contributed by atoms with van der Waals surface area (Å²) in [4.78, 5) is 18.1. The summed E-state index contributed by atoms with van der Waals surface area (Å²) in [6.07, 6.45) is 0.335. The molecule has 0 aliphatic rings. The predicted octanol–water partition coefficient (Wildman–Crippen LogP) is 3.92. The van der Waals surface area contributed by atoms with Gasteiger partial charge in [-0.3, -0.25) is 9.79 Å². The molecule has 0 saturated heterocycles. The largest absolute Gasteiger partial charge is 0.356 e. The van der Waals surface area contributed by atoms with Gasteiger partial charge in [0.05, 0.1) is 0 Å². The van der Waals surface area contributed by atoms with Crippen LogP contribution in [-0.4, -0.2) is 37.4 Å². The number of halogens is 3. The summed E-state index contributed by atoms with van der Waals surface area (Å²) in [6, 6.07) is 14.4. The molecule has 8 heteroatoms. The van der Waals surface area contributed by atoms with Crippen molar-refractivity contribution in [1.29, 1.82) is 0 Å². The third-order valence-corrected chi connectivity index (χ3v) is 4.82. The van der Waals surface area contributed by atoms with Crippen LogP contribution in [0.15, 0.2) is 58.0 Å². The Labute approximate surface area is 191 Å². The van der Waals surface area contributed by atoms with Crippen LogP contribution in [0, 0.1) is 5.82 Å². The topological polar surface area (TPSA) is 56.7 Å². The highest BCUT2D eigenvalue weighted by Crippen LogP contribution is 2.17. The number of nitrogens with zero attached hydrogens (tertiary/aromatic N) is 2. The molecule has 152 valence electrons. The van der Waals surface area contributed by atoms with Gasteiger partial charge in [0.15, 0.2) is 5.96 Å². The van der Waals surface area contributed by atoms with Crippen molar-refractivity contribution < 1.29 is 9.18 Å². The Morgan fingerprint density at radius 1 is 1.11 bits per heavy atom.